The number of hydrogen-bond acceptors (Lipinski definition) is 0. The Morgan fingerprint density at radius 1 is 0.611 bits per heavy atom. The van der Waals surface area contributed by atoms with Gasteiger partial charge in [0.1, 0.15) is 0 Å². The van der Waals surface area contributed by atoms with Crippen LogP contribution in [0.5, 0.6) is 0 Å². The number of nitrogens with zero attached hydrogens (tertiary/aromatic N) is 2. The van der Waals surface area contributed by atoms with Crippen molar-refractivity contribution < 1.29 is 21.2 Å². The Labute approximate surface area is 230 Å². The van der Waals surface area contributed by atoms with E-state index in [1.165, 1.54) is 78.3 Å². The molecule has 1 aliphatic heterocycles. The van der Waals surface area contributed by atoms with Gasteiger partial charge in [-0.25, -0.2) is 4.70 Å². The van der Waals surface area contributed by atoms with Gasteiger partial charge in [-0.3, -0.25) is 0 Å². The SMILES string of the molecule is CCCCCCc1cccc(C2=C(C)C(CCCC)=C(c3cccc(CCCCCC)c3)[N+]2=[N-])c1.[Ni]. The molecule has 1 aliphatic rings. The second kappa shape index (κ2) is 16.0. The average molecular weight is 529 g/mol. The van der Waals surface area contributed by atoms with Crippen molar-refractivity contribution in [2.45, 2.75) is 111 Å². The van der Waals surface area contributed by atoms with Gasteiger partial charge in [0.2, 0.25) is 11.4 Å². The molecule has 2 aromatic rings. The van der Waals surface area contributed by atoms with Crippen LogP contribution in [0.3, 0.4) is 0 Å². The van der Waals surface area contributed by atoms with E-state index in [1.54, 1.807) is 0 Å². The molecular weight excluding hydrogens is 483 g/mol. The monoisotopic (exact) mass is 528 g/mol. The molecule has 1 heterocycles. The van der Waals surface area contributed by atoms with Crippen LogP contribution in [0.25, 0.3) is 16.9 Å². The molecule has 0 aliphatic carbocycles. The van der Waals surface area contributed by atoms with E-state index < -0.39 is 0 Å². The maximum atomic E-state index is 11.6. The molecule has 0 N–H and O–H groups in total. The summed E-state index contributed by atoms with van der Waals surface area (Å²) in [4.78, 5) is 0. The fourth-order valence-electron chi connectivity index (χ4n) is 5.27. The molecule has 2 aromatic carbocycles. The van der Waals surface area contributed by atoms with Crippen molar-refractivity contribution in [3.8, 4) is 0 Å². The van der Waals surface area contributed by atoms with Crippen molar-refractivity contribution in [3.05, 3.63) is 87.5 Å². The van der Waals surface area contributed by atoms with Crippen molar-refractivity contribution in [2.24, 2.45) is 0 Å². The van der Waals surface area contributed by atoms with Crippen LogP contribution in [-0.2, 0) is 29.3 Å². The van der Waals surface area contributed by atoms with Crippen LogP contribution in [0.15, 0.2) is 59.7 Å². The van der Waals surface area contributed by atoms with Gasteiger partial charge < -0.3 is 5.53 Å². The number of unbranched alkanes of at least 4 members (excludes halogenated alkanes) is 7. The van der Waals surface area contributed by atoms with Gasteiger partial charge in [-0.2, -0.15) is 0 Å². The zero-order chi connectivity index (χ0) is 25.0. The first kappa shape index (κ1) is 30.2. The molecule has 0 amide bonds. The van der Waals surface area contributed by atoms with Gasteiger partial charge in [-0.1, -0.05) is 90.0 Å². The largest absolute Gasteiger partial charge is 0.493 e. The van der Waals surface area contributed by atoms with E-state index in [0.29, 0.717) is 0 Å². The summed E-state index contributed by atoms with van der Waals surface area (Å²) in [7, 11) is 0. The molecule has 0 bridgehead atoms. The number of rotatable bonds is 15. The van der Waals surface area contributed by atoms with E-state index in [2.05, 4.69) is 76.2 Å². The van der Waals surface area contributed by atoms with Gasteiger partial charge >= 0.3 is 0 Å². The summed E-state index contributed by atoms with van der Waals surface area (Å²) >= 11 is 0. The molecule has 0 saturated carbocycles. The number of aryl methyl sites for hydroxylation is 2. The second-order valence-corrected chi connectivity index (χ2v) is 10.2. The normalized spacial score (nSPS) is 13.5. The third kappa shape index (κ3) is 8.01. The Morgan fingerprint density at radius 2 is 1.11 bits per heavy atom. The van der Waals surface area contributed by atoms with Crippen LogP contribution in [0.2, 0.25) is 0 Å². The van der Waals surface area contributed by atoms with Crippen LogP contribution in [0.4, 0.5) is 0 Å². The van der Waals surface area contributed by atoms with E-state index in [4.69, 9.17) is 0 Å². The minimum Gasteiger partial charge on any atom is -0.493 e. The summed E-state index contributed by atoms with van der Waals surface area (Å²) in [6.45, 7) is 8.95. The minimum atomic E-state index is 0. The van der Waals surface area contributed by atoms with Crippen molar-refractivity contribution in [1.29, 1.82) is 0 Å². The Kier molecular flexibility index (Phi) is 13.4. The van der Waals surface area contributed by atoms with E-state index in [9.17, 15) is 5.53 Å². The summed E-state index contributed by atoms with van der Waals surface area (Å²) in [5, 5.41) is 0. The zero-order valence-corrected chi connectivity index (χ0v) is 24.0. The standard InChI is InChI=1S/C33H46N2.Ni/c1-5-8-11-13-17-27-19-15-21-29(24-27)32-26(4)31(23-10-7-3)33(35(32)34)30-22-16-20-28(25-30)18-14-12-9-6-2;/h15-16,19-22,24-25H,5-14,17-18,23H2,1-4H3;. The Hall–Kier alpha value is -1.99. The third-order valence-electron chi connectivity index (χ3n) is 7.34. The zero-order valence-electron chi connectivity index (χ0n) is 23.0. The first-order valence-corrected chi connectivity index (χ1v) is 14.2. The predicted octanol–water partition coefficient (Wildman–Crippen LogP) is 10.3. The van der Waals surface area contributed by atoms with E-state index >= 15 is 0 Å². The van der Waals surface area contributed by atoms with Crippen LogP contribution in [0, 0.1) is 0 Å². The van der Waals surface area contributed by atoms with E-state index in [0.717, 1.165) is 54.6 Å². The Morgan fingerprint density at radius 3 is 1.61 bits per heavy atom. The maximum Gasteiger partial charge on any atom is 0.211 e. The number of hydrogen-bond donors (Lipinski definition) is 0. The minimum absolute atomic E-state index is 0. The van der Waals surface area contributed by atoms with Crippen LogP contribution in [-0.4, -0.2) is 4.70 Å². The quantitative estimate of drug-likeness (QED) is 0.125. The van der Waals surface area contributed by atoms with Crippen molar-refractivity contribution >= 4 is 11.4 Å². The molecule has 0 fully saturated rings. The van der Waals surface area contributed by atoms with Crippen LogP contribution in [0.1, 0.15) is 121 Å². The van der Waals surface area contributed by atoms with Gasteiger partial charge in [0.05, 0.1) is 0 Å². The number of allylic oxidation sites excluding steroid dienone is 2. The number of benzene rings is 2. The van der Waals surface area contributed by atoms with Gasteiger partial charge in [0, 0.05) is 38.8 Å². The molecule has 0 unspecified atom stereocenters. The fourth-order valence-corrected chi connectivity index (χ4v) is 5.27. The average Bonchev–Trinajstić information content (AvgIpc) is 3.12. The van der Waals surface area contributed by atoms with Crippen molar-refractivity contribution in [1.82, 2.24) is 0 Å². The summed E-state index contributed by atoms with van der Waals surface area (Å²) in [6, 6.07) is 17.7. The first-order valence-electron chi connectivity index (χ1n) is 14.2. The molecule has 0 spiro atoms. The maximum absolute atomic E-state index is 11.6. The summed E-state index contributed by atoms with van der Waals surface area (Å²) in [5.41, 5.74) is 21.0. The molecule has 0 aromatic heterocycles. The fraction of sp³-hybridized carbons (Fsp3) is 0.515. The van der Waals surface area contributed by atoms with Crippen LogP contribution < -0.4 is 0 Å². The van der Waals surface area contributed by atoms with Gasteiger partial charge in [0.15, 0.2) is 0 Å². The molecular formula is C33H46N2Ni. The van der Waals surface area contributed by atoms with Crippen LogP contribution >= 0.6 is 0 Å². The van der Waals surface area contributed by atoms with Gasteiger partial charge in [-0.05, 0) is 80.8 Å². The smallest absolute Gasteiger partial charge is 0.211 e. The predicted molar refractivity (Wildman–Crippen MR) is 151 cm³/mol. The van der Waals surface area contributed by atoms with E-state index in [-0.39, 0.29) is 16.5 Å². The molecule has 2 nitrogen and oxygen atoms in total. The molecule has 3 heteroatoms. The van der Waals surface area contributed by atoms with Gasteiger partial charge in [0.25, 0.3) is 0 Å². The Bertz CT molecular complexity index is 1050. The Balaban J connectivity index is 0.00000456. The third-order valence-corrected chi connectivity index (χ3v) is 7.34. The van der Waals surface area contributed by atoms with Gasteiger partial charge in [-0.15, -0.1) is 0 Å². The van der Waals surface area contributed by atoms with Crippen molar-refractivity contribution in [2.75, 3.05) is 0 Å². The molecule has 0 saturated heterocycles. The summed E-state index contributed by atoms with van der Waals surface area (Å²) < 4.78 is 1.49. The van der Waals surface area contributed by atoms with Crippen molar-refractivity contribution in [3.63, 3.8) is 0 Å². The van der Waals surface area contributed by atoms with E-state index in [1.807, 2.05) is 0 Å². The summed E-state index contributed by atoms with van der Waals surface area (Å²) in [6.07, 6.45) is 15.7. The molecule has 0 atom stereocenters. The topological polar surface area (TPSA) is 25.3 Å². The molecule has 36 heavy (non-hydrogen) atoms. The molecule has 0 radical (unpaired) electrons. The molecule has 198 valence electrons. The summed E-state index contributed by atoms with van der Waals surface area (Å²) in [5.74, 6) is 0. The second-order valence-electron chi connectivity index (χ2n) is 10.2. The first-order chi connectivity index (χ1) is 17.1. The molecule has 3 rings (SSSR count).